The first-order valence-corrected chi connectivity index (χ1v) is 6.17. The summed E-state index contributed by atoms with van der Waals surface area (Å²) in [7, 11) is 0. The highest BCUT2D eigenvalue weighted by molar-refractivity contribution is 5.88. The Hall–Kier alpha value is -1.58. The number of anilines is 1. The van der Waals surface area contributed by atoms with Crippen LogP contribution in [0.4, 0.5) is 10.1 Å². The molecule has 1 amide bonds. The third-order valence-corrected chi connectivity index (χ3v) is 3.73. The number of hydrogen-bond donors (Lipinski definition) is 2. The molecule has 0 saturated heterocycles. The van der Waals surface area contributed by atoms with Crippen molar-refractivity contribution in [1.29, 1.82) is 0 Å². The first-order valence-electron chi connectivity index (χ1n) is 6.17. The molecule has 3 N–H and O–H groups in total. The van der Waals surface area contributed by atoms with Gasteiger partial charge in [-0.05, 0) is 36.8 Å². The van der Waals surface area contributed by atoms with E-state index in [-0.39, 0.29) is 11.2 Å². The van der Waals surface area contributed by atoms with Gasteiger partial charge in [0.15, 0.2) is 0 Å². The van der Waals surface area contributed by atoms with E-state index in [1.807, 2.05) is 0 Å². The summed E-state index contributed by atoms with van der Waals surface area (Å²) in [4.78, 5) is 11.8. The quantitative estimate of drug-likeness (QED) is 0.866. The fraction of sp³-hybridized carbons (Fsp3) is 0.500. The molecule has 1 aromatic rings. The second kappa shape index (κ2) is 4.26. The molecule has 1 aliphatic carbocycles. The molecule has 98 valence electrons. The molecule has 0 spiro atoms. The molecule has 2 rings (SSSR count). The lowest BCUT2D eigenvalue weighted by molar-refractivity contribution is -0.122. The normalized spacial score (nSPS) is 25.9. The Morgan fingerprint density at radius 1 is 1.33 bits per heavy atom. The van der Waals surface area contributed by atoms with Crippen molar-refractivity contribution < 1.29 is 9.18 Å². The molecule has 1 atom stereocenters. The number of nitrogens with two attached hydrogens (primary N) is 1. The van der Waals surface area contributed by atoms with E-state index in [1.54, 1.807) is 18.2 Å². The molecule has 0 aromatic heterocycles. The van der Waals surface area contributed by atoms with Crippen molar-refractivity contribution in [2.24, 2.45) is 11.1 Å². The van der Waals surface area contributed by atoms with E-state index < -0.39 is 11.4 Å². The third kappa shape index (κ3) is 2.33. The van der Waals surface area contributed by atoms with Crippen molar-refractivity contribution in [2.75, 3.05) is 5.32 Å². The number of rotatable bonds is 3. The number of primary amides is 1. The van der Waals surface area contributed by atoms with Crippen LogP contribution in [0.15, 0.2) is 24.3 Å². The zero-order chi connectivity index (χ0) is 13.4. The lowest BCUT2D eigenvalue weighted by Gasteiger charge is -2.30. The van der Waals surface area contributed by atoms with Gasteiger partial charge >= 0.3 is 0 Å². The fourth-order valence-electron chi connectivity index (χ4n) is 2.74. The molecule has 4 heteroatoms. The summed E-state index contributed by atoms with van der Waals surface area (Å²) in [5.74, 6) is -0.765. The van der Waals surface area contributed by atoms with Crippen molar-refractivity contribution in [3.8, 4) is 0 Å². The molecular formula is C14H19FN2O. The molecular weight excluding hydrogens is 231 g/mol. The van der Waals surface area contributed by atoms with Crippen LogP contribution < -0.4 is 11.1 Å². The topological polar surface area (TPSA) is 55.1 Å². The Bertz CT molecular complexity index is 473. The highest BCUT2D eigenvalue weighted by atomic mass is 19.1. The van der Waals surface area contributed by atoms with Crippen LogP contribution >= 0.6 is 0 Å². The predicted octanol–water partition coefficient (Wildman–Crippen LogP) is 2.67. The summed E-state index contributed by atoms with van der Waals surface area (Å²) >= 11 is 0. The molecule has 0 bridgehead atoms. The molecule has 0 aliphatic heterocycles. The van der Waals surface area contributed by atoms with Crippen LogP contribution in [-0.4, -0.2) is 11.4 Å². The number of nitrogens with one attached hydrogen (secondary N) is 1. The van der Waals surface area contributed by atoms with Crippen LogP contribution in [0.2, 0.25) is 0 Å². The lowest BCUT2D eigenvalue weighted by Crippen LogP contribution is -2.49. The van der Waals surface area contributed by atoms with Gasteiger partial charge in [-0.15, -0.1) is 0 Å². The Morgan fingerprint density at radius 2 is 2.00 bits per heavy atom. The minimum Gasteiger partial charge on any atom is -0.369 e. The minimum atomic E-state index is -0.828. The van der Waals surface area contributed by atoms with E-state index >= 15 is 0 Å². The van der Waals surface area contributed by atoms with E-state index in [0.717, 1.165) is 6.42 Å². The summed E-state index contributed by atoms with van der Waals surface area (Å²) in [6.07, 6.45) is 2.17. The summed E-state index contributed by atoms with van der Waals surface area (Å²) in [6, 6.07) is 6.36. The standard InChI is InChI=1S/C14H19FN2O/c1-13(2)7-8-14(9-13,12(16)18)17-11-6-4-3-5-10(11)15/h3-6,17H,7-9H2,1-2H3,(H2,16,18). The van der Waals surface area contributed by atoms with Crippen molar-refractivity contribution in [3.63, 3.8) is 0 Å². The molecule has 0 heterocycles. The average Bonchev–Trinajstić information content (AvgIpc) is 2.59. The zero-order valence-electron chi connectivity index (χ0n) is 10.8. The van der Waals surface area contributed by atoms with Crippen molar-refractivity contribution in [3.05, 3.63) is 30.1 Å². The maximum Gasteiger partial charge on any atom is 0.243 e. The monoisotopic (exact) mass is 250 g/mol. The molecule has 1 saturated carbocycles. The Balaban J connectivity index is 2.29. The Morgan fingerprint density at radius 3 is 2.50 bits per heavy atom. The highest BCUT2D eigenvalue weighted by Crippen LogP contribution is 2.45. The maximum atomic E-state index is 13.7. The van der Waals surface area contributed by atoms with E-state index in [2.05, 4.69) is 19.2 Å². The molecule has 1 aliphatic rings. The van der Waals surface area contributed by atoms with Crippen LogP contribution in [0.3, 0.4) is 0 Å². The fourth-order valence-corrected chi connectivity index (χ4v) is 2.74. The van der Waals surface area contributed by atoms with Crippen molar-refractivity contribution in [1.82, 2.24) is 0 Å². The summed E-state index contributed by atoms with van der Waals surface area (Å²) < 4.78 is 13.7. The molecule has 1 unspecified atom stereocenters. The van der Waals surface area contributed by atoms with E-state index in [1.165, 1.54) is 6.07 Å². The third-order valence-electron chi connectivity index (χ3n) is 3.73. The van der Waals surface area contributed by atoms with Crippen LogP contribution in [0, 0.1) is 11.2 Å². The van der Waals surface area contributed by atoms with Crippen LogP contribution in [-0.2, 0) is 4.79 Å². The van der Waals surface area contributed by atoms with Gasteiger partial charge in [-0.1, -0.05) is 26.0 Å². The van der Waals surface area contributed by atoms with Gasteiger partial charge in [0.05, 0.1) is 5.69 Å². The van der Waals surface area contributed by atoms with E-state index in [0.29, 0.717) is 18.5 Å². The van der Waals surface area contributed by atoms with Gasteiger partial charge in [-0.25, -0.2) is 4.39 Å². The Labute approximate surface area is 107 Å². The van der Waals surface area contributed by atoms with E-state index in [4.69, 9.17) is 5.73 Å². The highest BCUT2D eigenvalue weighted by Gasteiger charge is 2.47. The van der Waals surface area contributed by atoms with Gasteiger partial charge < -0.3 is 11.1 Å². The van der Waals surface area contributed by atoms with Gasteiger partial charge in [0.1, 0.15) is 11.4 Å². The average molecular weight is 250 g/mol. The summed E-state index contributed by atoms with van der Waals surface area (Å²) in [6.45, 7) is 4.20. The molecule has 3 nitrogen and oxygen atoms in total. The van der Waals surface area contributed by atoms with Crippen molar-refractivity contribution >= 4 is 11.6 Å². The van der Waals surface area contributed by atoms with Gasteiger partial charge in [-0.3, -0.25) is 4.79 Å². The van der Waals surface area contributed by atoms with Crippen LogP contribution in [0.25, 0.3) is 0 Å². The Kier molecular flexibility index (Phi) is 3.05. The number of carbonyl (C=O) groups excluding carboxylic acids is 1. The molecule has 1 fully saturated rings. The summed E-state index contributed by atoms with van der Waals surface area (Å²) in [5, 5.41) is 3.03. The summed E-state index contributed by atoms with van der Waals surface area (Å²) in [5.41, 5.74) is 5.09. The second-order valence-corrected chi connectivity index (χ2v) is 5.89. The smallest absolute Gasteiger partial charge is 0.243 e. The lowest BCUT2D eigenvalue weighted by atomic mass is 9.87. The first kappa shape index (κ1) is 12.9. The molecule has 1 aromatic carbocycles. The minimum absolute atomic E-state index is 0.0489. The van der Waals surface area contributed by atoms with Gasteiger partial charge in [0, 0.05) is 0 Å². The van der Waals surface area contributed by atoms with Crippen LogP contribution in [0.5, 0.6) is 0 Å². The number of para-hydroxylation sites is 1. The molecule has 18 heavy (non-hydrogen) atoms. The van der Waals surface area contributed by atoms with Crippen LogP contribution in [0.1, 0.15) is 33.1 Å². The largest absolute Gasteiger partial charge is 0.369 e. The number of amides is 1. The molecule has 0 radical (unpaired) electrons. The second-order valence-electron chi connectivity index (χ2n) is 5.89. The van der Waals surface area contributed by atoms with Crippen molar-refractivity contribution in [2.45, 2.75) is 38.6 Å². The number of carbonyl (C=O) groups is 1. The van der Waals surface area contributed by atoms with Gasteiger partial charge in [0.25, 0.3) is 0 Å². The first-order chi connectivity index (χ1) is 8.35. The number of halogens is 1. The number of benzene rings is 1. The van der Waals surface area contributed by atoms with Gasteiger partial charge in [-0.2, -0.15) is 0 Å². The number of hydrogen-bond acceptors (Lipinski definition) is 2. The predicted molar refractivity (Wildman–Crippen MR) is 69.6 cm³/mol. The SMILES string of the molecule is CC1(C)CCC(Nc2ccccc2F)(C(N)=O)C1. The zero-order valence-corrected chi connectivity index (χ0v) is 10.8. The van der Waals surface area contributed by atoms with Gasteiger partial charge in [0.2, 0.25) is 5.91 Å². The maximum absolute atomic E-state index is 13.7. The van der Waals surface area contributed by atoms with E-state index in [9.17, 15) is 9.18 Å².